The van der Waals surface area contributed by atoms with E-state index < -0.39 is 0 Å². The monoisotopic (exact) mass is 599 g/mol. The topological polar surface area (TPSA) is 113 Å². The van der Waals surface area contributed by atoms with Crippen LogP contribution in [0.1, 0.15) is 32.7 Å². The summed E-state index contributed by atoms with van der Waals surface area (Å²) in [7, 11) is 1.62. The third-order valence-electron chi connectivity index (χ3n) is 8.24. The van der Waals surface area contributed by atoms with Gasteiger partial charge < -0.3 is 39.5 Å². The minimum absolute atomic E-state index is 0.0622. The van der Waals surface area contributed by atoms with E-state index in [1.54, 1.807) is 31.4 Å². The third-order valence-corrected chi connectivity index (χ3v) is 8.24. The van der Waals surface area contributed by atoms with Crippen molar-refractivity contribution in [1.29, 1.82) is 0 Å². The van der Waals surface area contributed by atoms with Crippen LogP contribution in [0.15, 0.2) is 60.7 Å². The van der Waals surface area contributed by atoms with Crippen molar-refractivity contribution in [2.24, 2.45) is 0 Å². The minimum atomic E-state index is -0.318. The number of fused-ring (bicyclic) bond motifs is 1. The van der Waals surface area contributed by atoms with E-state index in [1.165, 1.54) is 0 Å². The number of nitrogens with one attached hydrogen (secondary N) is 2. The Bertz CT molecular complexity index is 1510. The summed E-state index contributed by atoms with van der Waals surface area (Å²) < 4.78 is 16.1. The number of ether oxygens (including phenoxy) is 3. The van der Waals surface area contributed by atoms with E-state index in [1.807, 2.05) is 46.2 Å². The van der Waals surface area contributed by atoms with Crippen molar-refractivity contribution in [3.8, 4) is 17.2 Å². The van der Waals surface area contributed by atoms with E-state index in [4.69, 9.17) is 14.2 Å². The van der Waals surface area contributed by atoms with Gasteiger partial charge in [-0.3, -0.25) is 14.4 Å². The first-order chi connectivity index (χ1) is 21.5. The average molecular weight is 600 g/mol. The van der Waals surface area contributed by atoms with Crippen molar-refractivity contribution < 1.29 is 28.6 Å². The van der Waals surface area contributed by atoms with E-state index in [2.05, 4.69) is 15.5 Å². The second-order valence-corrected chi connectivity index (χ2v) is 11.0. The molecule has 3 aromatic carbocycles. The highest BCUT2D eigenvalue weighted by Crippen LogP contribution is 2.34. The summed E-state index contributed by atoms with van der Waals surface area (Å²) in [6.07, 6.45) is 1.21. The molecule has 3 aliphatic rings. The Balaban J connectivity index is 1.19. The zero-order valence-corrected chi connectivity index (χ0v) is 24.8. The highest BCUT2D eigenvalue weighted by Gasteiger charge is 2.26. The second kappa shape index (κ2) is 13.3. The van der Waals surface area contributed by atoms with Crippen LogP contribution in [0.4, 0.5) is 11.4 Å². The van der Waals surface area contributed by atoms with Gasteiger partial charge in [-0.15, -0.1) is 0 Å². The van der Waals surface area contributed by atoms with Gasteiger partial charge in [-0.05, 0) is 67.1 Å². The Morgan fingerprint density at radius 3 is 2.39 bits per heavy atom. The molecule has 0 saturated carbocycles. The van der Waals surface area contributed by atoms with E-state index in [-0.39, 0.29) is 24.5 Å². The quantitative estimate of drug-likeness (QED) is 0.427. The molecular formula is C33H37N5O6. The number of methoxy groups -OCH3 is 1. The van der Waals surface area contributed by atoms with Crippen LogP contribution in [0.2, 0.25) is 0 Å². The average Bonchev–Trinajstić information content (AvgIpc) is 3.37. The fourth-order valence-corrected chi connectivity index (χ4v) is 5.74. The molecule has 230 valence electrons. The zero-order chi connectivity index (χ0) is 30.5. The van der Waals surface area contributed by atoms with Gasteiger partial charge in [0.15, 0.2) is 11.5 Å². The van der Waals surface area contributed by atoms with Crippen LogP contribution in [-0.4, -0.2) is 93.8 Å². The first-order valence-electron chi connectivity index (χ1n) is 15.0. The predicted molar refractivity (Wildman–Crippen MR) is 166 cm³/mol. The molecule has 44 heavy (non-hydrogen) atoms. The summed E-state index contributed by atoms with van der Waals surface area (Å²) >= 11 is 0. The number of hydrogen-bond acceptors (Lipinski definition) is 8. The number of hydrogen-bond donors (Lipinski definition) is 2. The maximum Gasteiger partial charge on any atom is 0.255 e. The lowest BCUT2D eigenvalue weighted by molar-refractivity contribution is -0.130. The number of anilines is 2. The maximum atomic E-state index is 13.5. The molecule has 11 nitrogen and oxygen atoms in total. The van der Waals surface area contributed by atoms with Crippen LogP contribution in [0, 0.1) is 0 Å². The Hall–Kier alpha value is -4.77. The fraction of sp³-hybridized carbons (Fsp3) is 0.364. The predicted octanol–water partition coefficient (Wildman–Crippen LogP) is 3.00. The summed E-state index contributed by atoms with van der Waals surface area (Å²) in [5.74, 6) is 1.56. The van der Waals surface area contributed by atoms with Gasteiger partial charge in [0.25, 0.3) is 11.8 Å². The molecule has 3 amide bonds. The first-order valence-corrected chi connectivity index (χ1v) is 15.0. The second-order valence-electron chi connectivity index (χ2n) is 11.0. The smallest absolute Gasteiger partial charge is 0.255 e. The van der Waals surface area contributed by atoms with Crippen LogP contribution in [-0.2, 0) is 11.2 Å². The fourth-order valence-electron chi connectivity index (χ4n) is 5.74. The Morgan fingerprint density at radius 1 is 0.818 bits per heavy atom. The van der Waals surface area contributed by atoms with Crippen molar-refractivity contribution in [3.63, 3.8) is 0 Å². The molecule has 0 aliphatic carbocycles. The Labute approximate surface area is 256 Å². The Kier molecular flexibility index (Phi) is 8.83. The zero-order valence-electron chi connectivity index (χ0n) is 24.8. The van der Waals surface area contributed by atoms with Crippen molar-refractivity contribution >= 4 is 29.1 Å². The number of rotatable bonds is 7. The van der Waals surface area contributed by atoms with Gasteiger partial charge in [-0.25, -0.2) is 0 Å². The molecule has 2 N–H and O–H groups in total. The summed E-state index contributed by atoms with van der Waals surface area (Å²) in [5, 5.41) is 6.38. The molecule has 0 atom stereocenters. The first kappa shape index (κ1) is 29.3. The molecule has 3 heterocycles. The molecule has 0 radical (unpaired) electrons. The molecule has 3 aromatic rings. The van der Waals surface area contributed by atoms with Crippen LogP contribution >= 0.6 is 0 Å². The van der Waals surface area contributed by atoms with Crippen LogP contribution in [0.25, 0.3) is 0 Å². The van der Waals surface area contributed by atoms with Crippen LogP contribution < -0.4 is 29.7 Å². The van der Waals surface area contributed by atoms with Gasteiger partial charge >= 0.3 is 0 Å². The number of carbonyl (C=O) groups excluding carboxylic acids is 3. The van der Waals surface area contributed by atoms with Crippen molar-refractivity contribution in [1.82, 2.24) is 15.1 Å². The largest absolute Gasteiger partial charge is 0.497 e. The number of piperazine rings is 1. The summed E-state index contributed by atoms with van der Waals surface area (Å²) in [6.45, 7) is 5.34. The van der Waals surface area contributed by atoms with Crippen molar-refractivity contribution in [2.45, 2.75) is 12.8 Å². The van der Waals surface area contributed by atoms with Crippen molar-refractivity contribution in [2.75, 3.05) is 76.5 Å². The SMILES string of the molecule is COc1ccc(CC(=O)N2CCN(c3ccc(C(=O)N4CCCNCC4)cc3NC(=O)c3ccc4c(c3)OCO4)CC2)cc1. The van der Waals surface area contributed by atoms with E-state index in [0.29, 0.717) is 74.0 Å². The maximum absolute atomic E-state index is 13.5. The van der Waals surface area contributed by atoms with Crippen LogP contribution in [0.3, 0.4) is 0 Å². The van der Waals surface area contributed by atoms with E-state index in [9.17, 15) is 14.4 Å². The molecule has 0 aromatic heterocycles. The standard InChI is InChI=1S/C33H37N5O6/c1-42-26-7-3-23(4-8-26)19-31(39)37-17-15-36(16-18-37)28-9-5-25(33(41)38-13-2-11-34-12-14-38)20-27(28)35-32(40)24-6-10-29-30(21-24)44-22-43-29/h3-10,20-21,34H,2,11-19,22H2,1H3,(H,35,40). The minimum Gasteiger partial charge on any atom is -0.497 e. The highest BCUT2D eigenvalue weighted by atomic mass is 16.7. The molecule has 2 fully saturated rings. The molecule has 2 saturated heterocycles. The van der Waals surface area contributed by atoms with Gasteiger partial charge in [-0.2, -0.15) is 0 Å². The van der Waals surface area contributed by atoms with Gasteiger partial charge in [0.05, 0.1) is 24.9 Å². The van der Waals surface area contributed by atoms with Gasteiger partial charge in [0.1, 0.15) is 5.75 Å². The number of benzene rings is 3. The summed E-state index contributed by atoms with van der Waals surface area (Å²) in [4.78, 5) is 45.8. The number of carbonyl (C=O) groups is 3. The Morgan fingerprint density at radius 2 is 1.59 bits per heavy atom. The summed E-state index contributed by atoms with van der Waals surface area (Å²) in [5.41, 5.74) is 3.22. The molecule has 0 bridgehead atoms. The lowest BCUT2D eigenvalue weighted by Gasteiger charge is -2.37. The molecule has 0 unspecified atom stereocenters. The van der Waals surface area contributed by atoms with Gasteiger partial charge in [0.2, 0.25) is 12.7 Å². The van der Waals surface area contributed by atoms with E-state index >= 15 is 0 Å². The summed E-state index contributed by atoms with van der Waals surface area (Å²) in [6, 6.07) is 18.1. The lowest BCUT2D eigenvalue weighted by atomic mass is 10.1. The van der Waals surface area contributed by atoms with E-state index in [0.717, 1.165) is 36.5 Å². The lowest BCUT2D eigenvalue weighted by Crippen LogP contribution is -2.49. The van der Waals surface area contributed by atoms with Gasteiger partial charge in [-0.1, -0.05) is 12.1 Å². The van der Waals surface area contributed by atoms with Crippen LogP contribution in [0.5, 0.6) is 17.2 Å². The molecule has 6 rings (SSSR count). The highest BCUT2D eigenvalue weighted by molar-refractivity contribution is 6.07. The normalized spacial score (nSPS) is 16.3. The molecular weight excluding hydrogens is 562 g/mol. The molecule has 0 spiro atoms. The number of amides is 3. The van der Waals surface area contributed by atoms with Gasteiger partial charge in [0, 0.05) is 56.9 Å². The number of nitrogens with zero attached hydrogens (tertiary/aromatic N) is 3. The van der Waals surface area contributed by atoms with Crippen molar-refractivity contribution in [3.05, 3.63) is 77.4 Å². The molecule has 11 heteroatoms. The third kappa shape index (κ3) is 6.57. The molecule has 3 aliphatic heterocycles.